The number of nitrogens with one attached hydrogen (secondary N) is 1. The minimum Gasteiger partial charge on any atom is -0.491 e. The largest absolute Gasteiger partial charge is 0.491 e. The van der Waals surface area contributed by atoms with Crippen LogP contribution in [0.5, 0.6) is 5.75 Å². The Bertz CT molecular complexity index is 1150. The quantitative estimate of drug-likeness (QED) is 0.396. The Morgan fingerprint density at radius 2 is 1.91 bits per heavy atom. The lowest BCUT2D eigenvalue weighted by molar-refractivity contribution is -0.139. The molecule has 0 saturated heterocycles. The van der Waals surface area contributed by atoms with Crippen LogP contribution in [0.1, 0.15) is 65.5 Å². The van der Waals surface area contributed by atoms with Crippen LogP contribution in [0.25, 0.3) is 11.0 Å². The maximum Gasteiger partial charge on any atom is 0.309 e. The van der Waals surface area contributed by atoms with Gasteiger partial charge in [-0.05, 0) is 86.4 Å². The molecule has 182 valence electrons. The molecule has 2 aromatic carbocycles. The second kappa shape index (κ2) is 9.69. The number of anilines is 2. The van der Waals surface area contributed by atoms with Gasteiger partial charge in [0.1, 0.15) is 5.75 Å². The molecule has 1 aromatic heterocycles. The summed E-state index contributed by atoms with van der Waals surface area (Å²) in [6.45, 7) is 11.1. The van der Waals surface area contributed by atoms with Crippen LogP contribution >= 0.6 is 0 Å². The molecule has 1 aliphatic rings. The van der Waals surface area contributed by atoms with Crippen molar-refractivity contribution in [2.45, 2.75) is 72.4 Å². The Hall–Kier alpha value is -3.02. The van der Waals surface area contributed by atoms with Crippen molar-refractivity contribution in [1.82, 2.24) is 9.55 Å². The Balaban J connectivity index is 1.72. The van der Waals surface area contributed by atoms with Crippen molar-refractivity contribution in [3.05, 3.63) is 48.0 Å². The monoisotopic (exact) mass is 463 g/mol. The molecule has 1 saturated carbocycles. The second-order valence-corrected chi connectivity index (χ2v) is 10.8. The number of imidazole rings is 1. The van der Waals surface area contributed by atoms with Gasteiger partial charge < -0.3 is 19.4 Å². The molecule has 6 heteroatoms. The molecule has 4 rings (SSSR count). The number of methoxy groups -OCH3 is 1. The standard InChI is InChI=1S/C28H37N3O3/c1-18(2)34-23-10-8-21(9-11-23)29-27-30-24-14-20(15-26(32)33-6)7-12-25(24)31(27)22-13-19(3)16-28(4,5)17-22/h7-12,14,18-19,22H,13,15-17H2,1-6H3,(H,29,30)/t19-,22+/m0/s1. The van der Waals surface area contributed by atoms with E-state index in [-0.39, 0.29) is 23.9 Å². The van der Waals surface area contributed by atoms with Gasteiger partial charge in [-0.2, -0.15) is 0 Å². The first-order valence-electron chi connectivity index (χ1n) is 12.2. The zero-order valence-electron chi connectivity index (χ0n) is 21.2. The van der Waals surface area contributed by atoms with Gasteiger partial charge in [0, 0.05) is 11.7 Å². The molecule has 0 bridgehead atoms. The van der Waals surface area contributed by atoms with Crippen molar-refractivity contribution >= 4 is 28.6 Å². The van der Waals surface area contributed by atoms with Crippen molar-refractivity contribution in [1.29, 1.82) is 0 Å². The number of fused-ring (bicyclic) bond motifs is 1. The molecule has 0 spiro atoms. The highest BCUT2D eigenvalue weighted by atomic mass is 16.5. The average Bonchev–Trinajstić information content (AvgIpc) is 3.10. The molecule has 1 fully saturated rings. The number of aromatic nitrogens is 2. The molecule has 0 aliphatic heterocycles. The second-order valence-electron chi connectivity index (χ2n) is 10.8. The van der Waals surface area contributed by atoms with Crippen LogP contribution in [0, 0.1) is 11.3 Å². The van der Waals surface area contributed by atoms with Crippen molar-refractivity contribution in [2.24, 2.45) is 11.3 Å². The summed E-state index contributed by atoms with van der Waals surface area (Å²) in [6, 6.07) is 14.5. The maximum atomic E-state index is 11.8. The maximum absolute atomic E-state index is 11.8. The lowest BCUT2D eigenvalue weighted by atomic mass is 9.70. The molecule has 1 N–H and O–H groups in total. The molecule has 1 aliphatic carbocycles. The number of rotatable bonds is 7. The van der Waals surface area contributed by atoms with Crippen molar-refractivity contribution in [3.63, 3.8) is 0 Å². The number of esters is 1. The molecule has 1 heterocycles. The zero-order chi connectivity index (χ0) is 24.5. The van der Waals surface area contributed by atoms with Gasteiger partial charge in [-0.3, -0.25) is 4.79 Å². The van der Waals surface area contributed by atoms with E-state index < -0.39 is 0 Å². The van der Waals surface area contributed by atoms with Gasteiger partial charge in [-0.1, -0.05) is 26.8 Å². The topological polar surface area (TPSA) is 65.4 Å². The molecule has 0 unspecified atom stereocenters. The Labute approximate surface area is 202 Å². The lowest BCUT2D eigenvalue weighted by Gasteiger charge is -2.40. The summed E-state index contributed by atoms with van der Waals surface area (Å²) >= 11 is 0. The van der Waals surface area contributed by atoms with Gasteiger partial charge in [-0.15, -0.1) is 0 Å². The van der Waals surface area contributed by atoms with E-state index in [0.717, 1.165) is 46.8 Å². The predicted octanol–water partition coefficient (Wildman–Crippen LogP) is 6.67. The number of carbonyl (C=O) groups is 1. The number of ether oxygens (including phenoxy) is 2. The number of nitrogens with zero attached hydrogens (tertiary/aromatic N) is 2. The Morgan fingerprint density at radius 1 is 1.18 bits per heavy atom. The third-order valence-electron chi connectivity index (χ3n) is 6.54. The summed E-state index contributed by atoms with van der Waals surface area (Å²) in [5, 5.41) is 3.56. The summed E-state index contributed by atoms with van der Waals surface area (Å²) in [5.41, 5.74) is 4.12. The van der Waals surface area contributed by atoms with Crippen LogP contribution in [-0.2, 0) is 16.0 Å². The predicted molar refractivity (Wildman–Crippen MR) is 137 cm³/mol. The zero-order valence-corrected chi connectivity index (χ0v) is 21.2. The fourth-order valence-electron chi connectivity index (χ4n) is 5.46. The Kier molecular flexibility index (Phi) is 6.87. The summed E-state index contributed by atoms with van der Waals surface area (Å²) in [7, 11) is 1.42. The van der Waals surface area contributed by atoms with Crippen LogP contribution in [0.4, 0.5) is 11.6 Å². The third kappa shape index (κ3) is 5.54. The van der Waals surface area contributed by atoms with E-state index in [1.54, 1.807) is 0 Å². The molecule has 3 aromatic rings. The number of benzene rings is 2. The third-order valence-corrected chi connectivity index (χ3v) is 6.54. The first kappa shape index (κ1) is 24.1. The van der Waals surface area contributed by atoms with E-state index in [4.69, 9.17) is 14.5 Å². The van der Waals surface area contributed by atoms with Crippen molar-refractivity contribution < 1.29 is 14.3 Å². The van der Waals surface area contributed by atoms with Gasteiger partial charge in [-0.25, -0.2) is 4.98 Å². The van der Waals surface area contributed by atoms with Gasteiger partial charge in [0.2, 0.25) is 5.95 Å². The summed E-state index contributed by atoms with van der Waals surface area (Å²) in [6.07, 6.45) is 3.84. The number of carbonyl (C=O) groups excluding carboxylic acids is 1. The molecule has 0 amide bonds. The van der Waals surface area contributed by atoms with Crippen LogP contribution < -0.4 is 10.1 Å². The highest BCUT2D eigenvalue weighted by Gasteiger charge is 2.34. The van der Waals surface area contributed by atoms with Gasteiger partial charge in [0.25, 0.3) is 0 Å². The van der Waals surface area contributed by atoms with Crippen LogP contribution in [0.2, 0.25) is 0 Å². The summed E-state index contributed by atoms with van der Waals surface area (Å²) < 4.78 is 13.0. The highest BCUT2D eigenvalue weighted by Crippen LogP contribution is 2.46. The number of hydrogen-bond donors (Lipinski definition) is 1. The minimum absolute atomic E-state index is 0.138. The summed E-state index contributed by atoms with van der Waals surface area (Å²) in [5.74, 6) is 2.08. The van der Waals surface area contributed by atoms with E-state index >= 15 is 0 Å². The summed E-state index contributed by atoms with van der Waals surface area (Å²) in [4.78, 5) is 16.8. The first-order valence-corrected chi connectivity index (χ1v) is 12.2. The van der Waals surface area contributed by atoms with Crippen LogP contribution in [-0.4, -0.2) is 28.7 Å². The molecule has 6 nitrogen and oxygen atoms in total. The first-order chi connectivity index (χ1) is 16.1. The molecule has 34 heavy (non-hydrogen) atoms. The van der Waals surface area contributed by atoms with E-state index in [2.05, 4.69) is 36.7 Å². The fraction of sp³-hybridized carbons (Fsp3) is 0.500. The molecular weight excluding hydrogens is 426 g/mol. The van der Waals surface area contributed by atoms with Gasteiger partial charge in [0.05, 0.1) is 30.7 Å². The minimum atomic E-state index is -0.247. The molecular formula is C28H37N3O3. The number of hydrogen-bond acceptors (Lipinski definition) is 5. The fourth-order valence-corrected chi connectivity index (χ4v) is 5.46. The van der Waals surface area contributed by atoms with E-state index in [9.17, 15) is 4.79 Å². The van der Waals surface area contributed by atoms with E-state index in [0.29, 0.717) is 12.0 Å². The Morgan fingerprint density at radius 3 is 2.56 bits per heavy atom. The van der Waals surface area contributed by atoms with Gasteiger partial charge in [0.15, 0.2) is 0 Å². The molecule has 2 atom stereocenters. The molecule has 0 radical (unpaired) electrons. The van der Waals surface area contributed by atoms with E-state index in [1.807, 2.05) is 50.2 Å². The highest BCUT2D eigenvalue weighted by molar-refractivity contribution is 5.82. The van der Waals surface area contributed by atoms with Crippen LogP contribution in [0.3, 0.4) is 0 Å². The lowest BCUT2D eigenvalue weighted by Crippen LogP contribution is -2.29. The van der Waals surface area contributed by atoms with Crippen molar-refractivity contribution in [3.8, 4) is 5.75 Å². The van der Waals surface area contributed by atoms with Gasteiger partial charge >= 0.3 is 5.97 Å². The normalized spacial score (nSPS) is 19.9. The van der Waals surface area contributed by atoms with Crippen LogP contribution in [0.15, 0.2) is 42.5 Å². The average molecular weight is 464 g/mol. The van der Waals surface area contributed by atoms with Crippen molar-refractivity contribution in [2.75, 3.05) is 12.4 Å². The smallest absolute Gasteiger partial charge is 0.309 e. The SMILES string of the molecule is COC(=O)Cc1ccc2c(c1)nc(Nc1ccc(OC(C)C)cc1)n2[C@@H]1C[C@H](C)CC(C)(C)C1. The van der Waals surface area contributed by atoms with E-state index in [1.165, 1.54) is 13.5 Å².